The van der Waals surface area contributed by atoms with Gasteiger partial charge in [0.25, 0.3) is 0 Å². The molecule has 0 atom stereocenters. The summed E-state index contributed by atoms with van der Waals surface area (Å²) in [6, 6.07) is 1.69. The van der Waals surface area contributed by atoms with E-state index in [-0.39, 0.29) is 11.8 Å². The Balaban J connectivity index is -0.000000157. The molecule has 8 nitrogen and oxygen atoms in total. The number of unbranched alkanes of at least 4 members (excludes halogenated alkanes) is 1. The van der Waals surface area contributed by atoms with Gasteiger partial charge in [0.05, 0.1) is 25.5 Å². The Kier molecular flexibility index (Phi) is 38.8. The predicted molar refractivity (Wildman–Crippen MR) is 117 cm³/mol. The van der Waals surface area contributed by atoms with Crippen molar-refractivity contribution < 1.29 is 33.3 Å². The van der Waals surface area contributed by atoms with E-state index in [0.29, 0.717) is 26.4 Å². The van der Waals surface area contributed by atoms with Gasteiger partial charge >= 0.3 is 17.9 Å². The van der Waals surface area contributed by atoms with Crippen molar-refractivity contribution in [3.8, 4) is 6.07 Å². The highest BCUT2D eigenvalue weighted by Crippen LogP contribution is 1.88. The summed E-state index contributed by atoms with van der Waals surface area (Å²) in [6.45, 7) is 18.6. The fourth-order valence-corrected chi connectivity index (χ4v) is 0.968. The van der Waals surface area contributed by atoms with Crippen LogP contribution in [0.2, 0.25) is 0 Å². The zero-order chi connectivity index (χ0) is 24.0. The molecule has 0 heterocycles. The molecule has 0 aromatic heterocycles. The summed E-state index contributed by atoms with van der Waals surface area (Å²) in [5, 5.41) is 7.51. The Morgan fingerprint density at radius 1 is 0.967 bits per heavy atom. The average molecular weight is 446 g/mol. The minimum absolute atomic E-state index is 0.119. The lowest BCUT2D eigenvalue weighted by atomic mass is 10.4. The molecule has 0 aliphatic carbocycles. The number of hydrogen-bond acceptors (Lipinski definition) is 8. The zero-order valence-corrected chi connectivity index (χ0v) is 18.5. The van der Waals surface area contributed by atoms with E-state index in [4.69, 9.17) is 21.6 Å². The van der Waals surface area contributed by atoms with Gasteiger partial charge in [-0.3, -0.25) is 4.79 Å². The van der Waals surface area contributed by atoms with Crippen LogP contribution in [0.5, 0.6) is 0 Å². The molecule has 0 radical (unpaired) electrons. The lowest BCUT2D eigenvalue weighted by Gasteiger charge is -2.00. The first-order chi connectivity index (χ1) is 14.3. The molecule has 0 saturated heterocycles. The number of hydrogen-bond donors (Lipinski definition) is 0. The number of rotatable bonds is 11. The van der Waals surface area contributed by atoms with Gasteiger partial charge in [-0.05, 0) is 13.3 Å². The molecule has 0 amide bonds. The molecule has 0 spiro atoms. The number of ether oxygens (including phenoxy) is 4. The molecule has 170 valence electrons. The highest BCUT2D eigenvalue weighted by Gasteiger charge is 1.93. The number of alkyl halides is 1. The molecule has 0 aliphatic heterocycles. The van der Waals surface area contributed by atoms with Crippen molar-refractivity contribution in [3.05, 3.63) is 50.8 Å². The molecule has 0 bridgehead atoms. The van der Waals surface area contributed by atoms with Crippen molar-refractivity contribution in [1.82, 2.24) is 0 Å². The number of nitriles is 1. The van der Waals surface area contributed by atoms with Gasteiger partial charge in [-0.1, -0.05) is 39.7 Å². The molecule has 0 unspecified atom stereocenters. The Bertz CT molecular complexity index is 528. The summed E-state index contributed by atoms with van der Waals surface area (Å²) in [5.74, 6) is -1.33. The maximum Gasteiger partial charge on any atom is 0.330 e. The highest BCUT2D eigenvalue weighted by molar-refractivity contribution is 6.26. The standard InChI is InChI=1S/C7H12O3.C7H12O2.C4H5ClO2.C3H3N/c1-3-7(8)10-6-5-9-4-2;1-3-5-6-9-7(8)4-2;1-2-7-4(6)3-5;1-2-3-4/h3H,1,4-6H2,2H3;4H,2-3,5-6H2,1H3;2H,1,3H2;2H,1H2. The summed E-state index contributed by atoms with van der Waals surface area (Å²) >= 11 is 5.01. The van der Waals surface area contributed by atoms with Crippen molar-refractivity contribution in [3.63, 3.8) is 0 Å². The van der Waals surface area contributed by atoms with E-state index in [9.17, 15) is 14.4 Å². The van der Waals surface area contributed by atoms with Gasteiger partial charge in [-0.25, -0.2) is 9.59 Å². The monoisotopic (exact) mass is 445 g/mol. The molecule has 9 heteroatoms. The van der Waals surface area contributed by atoms with Crippen LogP contribution in [-0.4, -0.2) is 50.2 Å². The normalized spacial score (nSPS) is 7.80. The molecule has 0 aromatic rings. The largest absolute Gasteiger partial charge is 0.463 e. The van der Waals surface area contributed by atoms with Crippen molar-refractivity contribution in [2.45, 2.75) is 26.7 Å². The first-order valence-corrected chi connectivity index (χ1v) is 9.41. The van der Waals surface area contributed by atoms with Crippen LogP contribution in [0, 0.1) is 11.3 Å². The molecule has 0 saturated carbocycles. The Hall–Kier alpha value is -2.89. The fourth-order valence-electron chi connectivity index (χ4n) is 0.905. The van der Waals surface area contributed by atoms with Crippen molar-refractivity contribution in [2.75, 3.05) is 32.3 Å². The molecular formula is C21H32ClNO7. The van der Waals surface area contributed by atoms with Crippen LogP contribution in [0.4, 0.5) is 0 Å². The first-order valence-electron chi connectivity index (χ1n) is 8.87. The van der Waals surface area contributed by atoms with Gasteiger partial charge in [-0.2, -0.15) is 5.26 Å². The molecule has 0 aromatic carbocycles. The highest BCUT2D eigenvalue weighted by atomic mass is 35.5. The zero-order valence-electron chi connectivity index (χ0n) is 17.8. The summed E-state index contributed by atoms with van der Waals surface area (Å²) in [7, 11) is 0. The van der Waals surface area contributed by atoms with Gasteiger partial charge < -0.3 is 18.9 Å². The maximum absolute atomic E-state index is 10.4. The van der Waals surface area contributed by atoms with Crippen LogP contribution in [-0.2, 0) is 33.3 Å². The van der Waals surface area contributed by atoms with Crippen LogP contribution in [0.25, 0.3) is 0 Å². The lowest BCUT2D eigenvalue weighted by Crippen LogP contribution is -2.07. The molecule has 0 rings (SSSR count). The number of esters is 3. The van der Waals surface area contributed by atoms with Gasteiger partial charge in [0.2, 0.25) is 0 Å². The van der Waals surface area contributed by atoms with E-state index in [0.717, 1.165) is 25.2 Å². The minimum atomic E-state index is -0.475. The third-order valence-electron chi connectivity index (χ3n) is 2.17. The summed E-state index contributed by atoms with van der Waals surface area (Å²) in [6.07, 6.45) is 6.51. The van der Waals surface area contributed by atoms with Crippen LogP contribution >= 0.6 is 11.6 Å². The minimum Gasteiger partial charge on any atom is -0.463 e. The smallest absolute Gasteiger partial charge is 0.330 e. The third kappa shape index (κ3) is 44.5. The van der Waals surface area contributed by atoms with Crippen LogP contribution in [0.15, 0.2) is 50.8 Å². The number of halogens is 1. The van der Waals surface area contributed by atoms with E-state index in [1.54, 1.807) is 6.07 Å². The Morgan fingerprint density at radius 3 is 1.77 bits per heavy atom. The van der Waals surface area contributed by atoms with E-state index < -0.39 is 11.9 Å². The van der Waals surface area contributed by atoms with E-state index in [1.807, 2.05) is 13.8 Å². The second-order valence-electron chi connectivity index (χ2n) is 4.42. The quantitative estimate of drug-likeness (QED) is 0.0895. The second-order valence-corrected chi connectivity index (χ2v) is 4.68. The number of allylic oxidation sites excluding steroid dienone is 1. The maximum atomic E-state index is 10.4. The molecule has 30 heavy (non-hydrogen) atoms. The summed E-state index contributed by atoms with van der Waals surface area (Å²) in [4.78, 5) is 30.7. The van der Waals surface area contributed by atoms with Crippen LogP contribution < -0.4 is 0 Å². The predicted octanol–water partition coefficient (Wildman–Crippen LogP) is 3.88. The lowest BCUT2D eigenvalue weighted by molar-refractivity contribution is -0.139. The fraction of sp³-hybridized carbons (Fsp3) is 0.429. The number of carbonyl (C=O) groups excluding carboxylic acids is 3. The summed E-state index contributed by atoms with van der Waals surface area (Å²) < 4.78 is 18.4. The van der Waals surface area contributed by atoms with Crippen LogP contribution in [0.3, 0.4) is 0 Å². The SMILES string of the molecule is C=CC#N.C=CC(=O)OCCCC.C=CC(=O)OCCOCC.C=COC(=O)CCl. The summed E-state index contributed by atoms with van der Waals surface area (Å²) in [5.41, 5.74) is 0. The Labute approximate surface area is 184 Å². The number of nitrogens with zero attached hydrogens (tertiary/aromatic N) is 1. The topological polar surface area (TPSA) is 112 Å². The van der Waals surface area contributed by atoms with Crippen molar-refractivity contribution in [2.24, 2.45) is 0 Å². The van der Waals surface area contributed by atoms with E-state index in [2.05, 4.69) is 40.5 Å². The second kappa shape index (κ2) is 33.7. The van der Waals surface area contributed by atoms with Gasteiger partial charge in [0.1, 0.15) is 12.5 Å². The third-order valence-corrected chi connectivity index (χ3v) is 2.39. The van der Waals surface area contributed by atoms with E-state index >= 15 is 0 Å². The van der Waals surface area contributed by atoms with Gasteiger partial charge in [0.15, 0.2) is 0 Å². The molecular weight excluding hydrogens is 414 g/mol. The van der Waals surface area contributed by atoms with Crippen LogP contribution in [0.1, 0.15) is 26.7 Å². The van der Waals surface area contributed by atoms with Crippen molar-refractivity contribution >= 4 is 29.5 Å². The average Bonchev–Trinajstić information content (AvgIpc) is 2.77. The first kappa shape index (κ1) is 34.6. The van der Waals surface area contributed by atoms with Gasteiger partial charge in [-0.15, -0.1) is 11.6 Å². The van der Waals surface area contributed by atoms with Gasteiger partial charge in [0, 0.05) is 24.8 Å². The molecule has 0 fully saturated rings. The number of carbonyl (C=O) groups is 3. The molecule has 0 N–H and O–H groups in total. The van der Waals surface area contributed by atoms with Crippen molar-refractivity contribution in [1.29, 1.82) is 5.26 Å². The molecule has 0 aliphatic rings. The Morgan fingerprint density at radius 2 is 1.47 bits per heavy atom. The van der Waals surface area contributed by atoms with E-state index in [1.165, 1.54) is 12.2 Å².